The Labute approximate surface area is 124 Å². The number of carbonyl (C=O) groups is 2. The van der Waals surface area contributed by atoms with Crippen molar-refractivity contribution in [3.05, 3.63) is 53.7 Å². The van der Waals surface area contributed by atoms with Crippen LogP contribution in [0.25, 0.3) is 11.0 Å². The minimum absolute atomic E-state index is 0.197. The lowest BCUT2D eigenvalue weighted by molar-refractivity contribution is -0.136. The number of methoxy groups -OCH3 is 1. The highest BCUT2D eigenvalue weighted by molar-refractivity contribution is 6.17. The Morgan fingerprint density at radius 1 is 1.27 bits per heavy atom. The summed E-state index contributed by atoms with van der Waals surface area (Å²) in [6.07, 6.45) is 3.90. The van der Waals surface area contributed by atoms with E-state index in [1.165, 1.54) is 32.0 Å². The molecule has 112 valence electrons. The molecule has 1 aromatic carbocycles. The number of ketones is 1. The van der Waals surface area contributed by atoms with Crippen LogP contribution in [0.2, 0.25) is 0 Å². The lowest BCUT2D eigenvalue weighted by Crippen LogP contribution is -2.09. The van der Waals surface area contributed by atoms with Crippen molar-refractivity contribution in [2.45, 2.75) is 6.42 Å². The number of hydrogen-bond donors (Lipinski definition) is 1. The van der Waals surface area contributed by atoms with Crippen molar-refractivity contribution in [1.29, 1.82) is 0 Å². The number of hydrogen-bond acceptors (Lipinski definition) is 5. The molecule has 0 bridgehead atoms. The average molecular weight is 300 g/mol. The largest absolute Gasteiger partial charge is 0.496 e. The molecule has 0 aliphatic rings. The Morgan fingerprint density at radius 3 is 2.73 bits per heavy atom. The van der Waals surface area contributed by atoms with Crippen LogP contribution in [0, 0.1) is 0 Å². The SMILES string of the molecule is COc1c(CC(=O)O)cc2ccoc2c1C(=O)c1ccoc1. The van der Waals surface area contributed by atoms with Crippen molar-refractivity contribution in [2.24, 2.45) is 0 Å². The number of fused-ring (bicyclic) bond motifs is 1. The number of carboxylic acid groups (broad SMARTS) is 1. The molecule has 3 rings (SSSR count). The van der Waals surface area contributed by atoms with Crippen molar-refractivity contribution < 1.29 is 28.3 Å². The first-order valence-electron chi connectivity index (χ1n) is 6.47. The summed E-state index contributed by atoms with van der Waals surface area (Å²) in [6.45, 7) is 0. The summed E-state index contributed by atoms with van der Waals surface area (Å²) < 4.78 is 15.6. The lowest BCUT2D eigenvalue weighted by atomic mass is 9.97. The molecule has 0 fully saturated rings. The molecule has 6 heteroatoms. The summed E-state index contributed by atoms with van der Waals surface area (Å²) in [6, 6.07) is 4.85. The normalized spacial score (nSPS) is 10.8. The van der Waals surface area contributed by atoms with Crippen LogP contribution in [0.3, 0.4) is 0 Å². The van der Waals surface area contributed by atoms with Crippen molar-refractivity contribution in [3.63, 3.8) is 0 Å². The van der Waals surface area contributed by atoms with E-state index in [1.807, 2.05) is 0 Å². The van der Waals surface area contributed by atoms with Crippen molar-refractivity contribution in [2.75, 3.05) is 7.11 Å². The zero-order chi connectivity index (χ0) is 15.7. The molecular formula is C16H12O6. The van der Waals surface area contributed by atoms with Gasteiger partial charge in [-0.3, -0.25) is 9.59 Å². The van der Waals surface area contributed by atoms with Gasteiger partial charge in [-0.2, -0.15) is 0 Å². The predicted octanol–water partition coefficient (Wildman–Crippen LogP) is 2.89. The minimum Gasteiger partial charge on any atom is -0.496 e. The van der Waals surface area contributed by atoms with E-state index in [9.17, 15) is 9.59 Å². The summed E-state index contributed by atoms with van der Waals surface area (Å²) >= 11 is 0. The number of carbonyl (C=O) groups excluding carboxylic acids is 1. The molecule has 3 aromatic rings. The first-order chi connectivity index (χ1) is 10.6. The topological polar surface area (TPSA) is 89.9 Å². The summed E-state index contributed by atoms with van der Waals surface area (Å²) in [4.78, 5) is 23.7. The van der Waals surface area contributed by atoms with E-state index in [0.29, 0.717) is 22.1 Å². The molecule has 0 saturated heterocycles. The first kappa shape index (κ1) is 13.9. The van der Waals surface area contributed by atoms with Gasteiger partial charge in [0.05, 0.1) is 31.6 Å². The van der Waals surface area contributed by atoms with Crippen LogP contribution >= 0.6 is 0 Å². The van der Waals surface area contributed by atoms with E-state index in [2.05, 4.69) is 0 Å². The Hall–Kier alpha value is -3.02. The number of ether oxygens (including phenoxy) is 1. The maximum atomic E-state index is 12.7. The van der Waals surface area contributed by atoms with Gasteiger partial charge in [-0.25, -0.2) is 0 Å². The van der Waals surface area contributed by atoms with Crippen LogP contribution in [0.1, 0.15) is 21.5 Å². The van der Waals surface area contributed by atoms with Gasteiger partial charge >= 0.3 is 5.97 Å². The van der Waals surface area contributed by atoms with Crippen molar-refractivity contribution >= 4 is 22.7 Å². The smallest absolute Gasteiger partial charge is 0.307 e. The maximum Gasteiger partial charge on any atom is 0.307 e. The average Bonchev–Trinajstić information content (AvgIpc) is 3.15. The number of benzene rings is 1. The number of aliphatic carboxylic acids is 1. The number of rotatable bonds is 5. The lowest BCUT2D eigenvalue weighted by Gasteiger charge is -2.12. The molecule has 0 atom stereocenters. The van der Waals surface area contributed by atoms with Gasteiger partial charge in [0.25, 0.3) is 0 Å². The molecule has 6 nitrogen and oxygen atoms in total. The fraction of sp³-hybridized carbons (Fsp3) is 0.125. The summed E-state index contributed by atoms with van der Waals surface area (Å²) in [7, 11) is 1.39. The van der Waals surface area contributed by atoms with Gasteiger partial charge in [-0.1, -0.05) is 0 Å². The molecule has 0 aliphatic heterocycles. The van der Waals surface area contributed by atoms with Crippen LogP contribution in [0.4, 0.5) is 0 Å². The Kier molecular flexibility index (Phi) is 3.42. The second-order valence-electron chi connectivity index (χ2n) is 4.69. The van der Waals surface area contributed by atoms with Crippen LogP contribution < -0.4 is 4.74 Å². The van der Waals surface area contributed by atoms with Crippen LogP contribution in [0.5, 0.6) is 5.75 Å². The van der Waals surface area contributed by atoms with Crippen LogP contribution in [-0.2, 0) is 11.2 Å². The first-order valence-corrected chi connectivity index (χ1v) is 6.47. The summed E-state index contributed by atoms with van der Waals surface area (Å²) in [5.41, 5.74) is 1.30. The molecule has 0 radical (unpaired) electrons. The zero-order valence-electron chi connectivity index (χ0n) is 11.7. The molecule has 0 saturated carbocycles. The monoisotopic (exact) mass is 300 g/mol. The quantitative estimate of drug-likeness (QED) is 0.729. The van der Waals surface area contributed by atoms with Gasteiger partial charge in [0.2, 0.25) is 5.78 Å². The van der Waals surface area contributed by atoms with Gasteiger partial charge < -0.3 is 18.7 Å². The maximum absolute atomic E-state index is 12.7. The summed E-state index contributed by atoms with van der Waals surface area (Å²) in [5, 5.41) is 9.69. The fourth-order valence-electron chi connectivity index (χ4n) is 2.42. The molecule has 22 heavy (non-hydrogen) atoms. The van der Waals surface area contributed by atoms with E-state index in [4.69, 9.17) is 18.7 Å². The van der Waals surface area contributed by atoms with Gasteiger partial charge in [-0.15, -0.1) is 0 Å². The highest BCUT2D eigenvalue weighted by Crippen LogP contribution is 2.35. The molecule has 0 spiro atoms. The molecule has 0 unspecified atom stereocenters. The highest BCUT2D eigenvalue weighted by atomic mass is 16.5. The number of carboxylic acids is 1. The Balaban J connectivity index is 2.27. The van der Waals surface area contributed by atoms with E-state index in [0.717, 1.165) is 0 Å². The van der Waals surface area contributed by atoms with Crippen LogP contribution in [-0.4, -0.2) is 24.0 Å². The van der Waals surface area contributed by atoms with Gasteiger partial charge in [0.1, 0.15) is 23.2 Å². The third kappa shape index (κ3) is 2.24. The van der Waals surface area contributed by atoms with E-state index in [1.54, 1.807) is 12.1 Å². The summed E-state index contributed by atoms with van der Waals surface area (Å²) in [5.74, 6) is -1.16. The Morgan fingerprint density at radius 2 is 2.09 bits per heavy atom. The third-order valence-electron chi connectivity index (χ3n) is 3.33. The standard InChI is InChI=1S/C16H12O6/c1-20-15-11(7-12(17)18)6-9-3-5-22-16(9)13(15)14(19)10-2-4-21-8-10/h2-6,8H,7H2,1H3,(H,17,18). The fourth-order valence-corrected chi connectivity index (χ4v) is 2.42. The highest BCUT2D eigenvalue weighted by Gasteiger charge is 2.25. The van der Waals surface area contributed by atoms with Crippen LogP contribution in [0.15, 0.2) is 45.8 Å². The molecule has 0 amide bonds. The van der Waals surface area contributed by atoms with E-state index in [-0.39, 0.29) is 23.5 Å². The Bertz CT molecular complexity index is 841. The molecular weight excluding hydrogens is 288 g/mol. The predicted molar refractivity (Wildman–Crippen MR) is 76.2 cm³/mol. The van der Waals surface area contributed by atoms with Gasteiger partial charge in [0.15, 0.2) is 0 Å². The zero-order valence-corrected chi connectivity index (χ0v) is 11.7. The third-order valence-corrected chi connectivity index (χ3v) is 3.33. The van der Waals surface area contributed by atoms with E-state index >= 15 is 0 Å². The molecule has 0 aliphatic carbocycles. The van der Waals surface area contributed by atoms with E-state index < -0.39 is 5.97 Å². The van der Waals surface area contributed by atoms with Crippen molar-refractivity contribution in [3.8, 4) is 5.75 Å². The molecule has 2 aromatic heterocycles. The molecule has 1 N–H and O–H groups in total. The minimum atomic E-state index is -1.01. The molecule has 2 heterocycles. The second-order valence-corrected chi connectivity index (χ2v) is 4.69. The van der Waals surface area contributed by atoms with Gasteiger partial charge in [-0.05, 0) is 18.2 Å². The second kappa shape index (κ2) is 5.40. The van der Waals surface area contributed by atoms with Gasteiger partial charge in [0, 0.05) is 10.9 Å². The van der Waals surface area contributed by atoms with Crippen molar-refractivity contribution in [1.82, 2.24) is 0 Å². The number of furan rings is 2.